The van der Waals surface area contributed by atoms with Crippen LogP contribution >= 0.6 is 0 Å². The number of aromatic nitrogens is 2. The lowest BCUT2D eigenvalue weighted by molar-refractivity contribution is -0.389. The van der Waals surface area contributed by atoms with Crippen LogP contribution in [-0.2, 0) is 13.1 Å². The van der Waals surface area contributed by atoms with Crippen LogP contribution in [0.5, 0.6) is 11.8 Å². The average molecular weight is 388 g/mol. The zero-order valence-corrected chi connectivity index (χ0v) is 13.7. The number of nitro groups is 1. The lowest BCUT2D eigenvalue weighted by Gasteiger charge is -2.30. The minimum Gasteiger partial charge on any atom is -0.438 e. The fourth-order valence-electron chi connectivity index (χ4n) is 2.66. The van der Waals surface area contributed by atoms with Gasteiger partial charge in [-0.25, -0.2) is 0 Å². The molecule has 0 unspecified atom stereocenters. The van der Waals surface area contributed by atoms with Gasteiger partial charge in [0.2, 0.25) is 0 Å². The second-order valence-electron chi connectivity index (χ2n) is 5.81. The normalized spacial score (nSPS) is 19.3. The summed E-state index contributed by atoms with van der Waals surface area (Å²) in [6, 6.07) is 5.00. The molecular weight excluding hydrogens is 373 g/mol. The first-order valence-corrected chi connectivity index (χ1v) is 7.82. The Labute approximate surface area is 150 Å². The Bertz CT molecular complexity index is 809. The van der Waals surface area contributed by atoms with Crippen LogP contribution < -0.4 is 14.8 Å². The number of hydrogen-bond donors (Lipinski definition) is 2. The van der Waals surface area contributed by atoms with E-state index in [1.54, 1.807) is 0 Å². The van der Waals surface area contributed by atoms with Crippen LogP contribution in [0.4, 0.5) is 19.0 Å². The molecule has 1 aromatic carbocycles. The van der Waals surface area contributed by atoms with Crippen LogP contribution in [0.1, 0.15) is 5.56 Å². The van der Waals surface area contributed by atoms with Gasteiger partial charge < -0.3 is 30.0 Å². The van der Waals surface area contributed by atoms with Crippen molar-refractivity contribution in [3.05, 3.63) is 46.1 Å². The van der Waals surface area contributed by atoms with Gasteiger partial charge in [0.15, 0.2) is 0 Å². The molecule has 27 heavy (non-hydrogen) atoms. The van der Waals surface area contributed by atoms with Crippen molar-refractivity contribution in [2.24, 2.45) is 0 Å². The van der Waals surface area contributed by atoms with E-state index in [1.165, 1.54) is 35.0 Å². The highest BCUT2D eigenvalue weighted by Gasteiger charge is 2.34. The molecule has 0 radical (unpaired) electrons. The highest BCUT2D eigenvalue weighted by atomic mass is 19.4. The molecule has 0 bridgehead atoms. The van der Waals surface area contributed by atoms with Crippen LogP contribution in [0.15, 0.2) is 30.5 Å². The van der Waals surface area contributed by atoms with Crippen LogP contribution in [-0.4, -0.2) is 44.7 Å². The quantitative estimate of drug-likeness (QED) is 0.571. The Morgan fingerprint density at radius 1 is 1.41 bits per heavy atom. The third kappa shape index (κ3) is 4.65. The lowest BCUT2D eigenvalue weighted by atomic mass is 10.1. The molecule has 0 saturated carbocycles. The minimum absolute atomic E-state index is 0.0486. The van der Waals surface area contributed by atoms with Gasteiger partial charge in [-0.05, 0) is 22.6 Å². The summed E-state index contributed by atoms with van der Waals surface area (Å²) in [6.07, 6.45) is -4.19. The molecule has 0 aliphatic carbocycles. The molecule has 0 saturated heterocycles. The molecule has 9 nitrogen and oxygen atoms in total. The van der Waals surface area contributed by atoms with Crippen molar-refractivity contribution in [1.82, 2.24) is 14.9 Å². The summed E-state index contributed by atoms with van der Waals surface area (Å²) < 4.78 is 47.2. The number of benzene rings is 1. The summed E-state index contributed by atoms with van der Waals surface area (Å²) in [4.78, 5) is 13.9. The number of hydrogen-bond acceptors (Lipinski definition) is 7. The van der Waals surface area contributed by atoms with Crippen LogP contribution in [0.3, 0.4) is 0 Å². The molecule has 2 heterocycles. The molecular formula is C15H15F3N4O5. The van der Waals surface area contributed by atoms with Gasteiger partial charge in [-0.1, -0.05) is 12.1 Å². The Hall–Kier alpha value is -2.86. The smallest absolute Gasteiger partial charge is 0.438 e. The molecule has 2 atom stereocenters. The average Bonchev–Trinajstić information content (AvgIpc) is 3.02. The molecule has 2 N–H and O–H groups in total. The topological polar surface area (TPSA) is 112 Å². The molecule has 2 aromatic rings. The number of aliphatic hydroxyl groups excluding tert-OH is 1. The number of nitrogens with zero attached hydrogens (tertiary/aromatic N) is 3. The Kier molecular flexibility index (Phi) is 5.19. The number of fused-ring (bicyclic) bond motifs is 1. The zero-order chi connectivity index (χ0) is 19.6. The van der Waals surface area contributed by atoms with Crippen molar-refractivity contribution in [1.29, 1.82) is 0 Å². The number of nitrogens with one attached hydrogen (secondary N) is 1. The molecule has 3 rings (SSSR count). The van der Waals surface area contributed by atoms with Crippen molar-refractivity contribution in [3.63, 3.8) is 0 Å². The summed E-state index contributed by atoms with van der Waals surface area (Å²) in [5, 5.41) is 23.4. The van der Waals surface area contributed by atoms with Gasteiger partial charge in [-0.2, -0.15) is 0 Å². The maximum Gasteiger partial charge on any atom is 0.573 e. The fourth-order valence-corrected chi connectivity index (χ4v) is 2.66. The molecule has 1 aromatic heterocycles. The van der Waals surface area contributed by atoms with E-state index < -0.39 is 17.4 Å². The minimum atomic E-state index is -4.75. The molecule has 0 fully saturated rings. The predicted molar refractivity (Wildman–Crippen MR) is 84.1 cm³/mol. The highest BCUT2D eigenvalue weighted by Crippen LogP contribution is 2.25. The lowest BCUT2D eigenvalue weighted by Crippen LogP contribution is -2.50. The van der Waals surface area contributed by atoms with E-state index in [4.69, 9.17) is 4.74 Å². The van der Waals surface area contributed by atoms with E-state index in [1.807, 2.05) is 0 Å². The third-order valence-corrected chi connectivity index (χ3v) is 3.92. The van der Waals surface area contributed by atoms with Crippen molar-refractivity contribution in [2.45, 2.75) is 31.6 Å². The van der Waals surface area contributed by atoms with E-state index in [0.29, 0.717) is 5.56 Å². The third-order valence-electron chi connectivity index (χ3n) is 3.92. The number of ether oxygens (including phenoxy) is 2. The molecule has 1 aliphatic heterocycles. The molecule has 0 spiro atoms. The van der Waals surface area contributed by atoms with E-state index >= 15 is 0 Å². The van der Waals surface area contributed by atoms with Crippen molar-refractivity contribution in [2.75, 3.05) is 6.61 Å². The van der Waals surface area contributed by atoms with E-state index in [9.17, 15) is 28.4 Å². The standard InChI is InChI=1S/C15H15F3N4O5/c16-15(17,18)27-10-3-1-9(2-4-10)5-19-11-6-21-7-13(22(24)25)20-14(21)26-12(11)8-23/h1-4,7,11-12,19,23H,5-6,8H2/t11-,12+/m0/s1. The van der Waals surface area contributed by atoms with Gasteiger partial charge >= 0.3 is 18.2 Å². The van der Waals surface area contributed by atoms with Crippen LogP contribution in [0, 0.1) is 10.1 Å². The summed E-state index contributed by atoms with van der Waals surface area (Å²) in [6.45, 7) is 0.219. The largest absolute Gasteiger partial charge is 0.573 e. The molecule has 146 valence electrons. The maximum atomic E-state index is 12.2. The second-order valence-corrected chi connectivity index (χ2v) is 5.81. The number of aliphatic hydroxyl groups is 1. The second kappa shape index (κ2) is 7.40. The fraction of sp³-hybridized carbons (Fsp3) is 0.400. The van der Waals surface area contributed by atoms with Crippen molar-refractivity contribution >= 4 is 5.82 Å². The van der Waals surface area contributed by atoms with E-state index in [-0.39, 0.29) is 43.3 Å². The Morgan fingerprint density at radius 3 is 2.70 bits per heavy atom. The Morgan fingerprint density at radius 2 is 2.11 bits per heavy atom. The SMILES string of the molecule is O=[N+]([O-])c1cn2c(n1)O[C@H](CO)[C@@H](NCc1ccc(OC(F)(F)F)cc1)C2. The van der Waals surface area contributed by atoms with Crippen LogP contribution in [0.25, 0.3) is 0 Å². The van der Waals surface area contributed by atoms with E-state index in [0.717, 1.165) is 0 Å². The van der Waals surface area contributed by atoms with Crippen LogP contribution in [0.2, 0.25) is 0 Å². The molecule has 1 aliphatic rings. The van der Waals surface area contributed by atoms with Gasteiger partial charge in [0.25, 0.3) is 0 Å². The summed E-state index contributed by atoms with van der Waals surface area (Å²) >= 11 is 0. The van der Waals surface area contributed by atoms with Gasteiger partial charge in [0, 0.05) is 18.1 Å². The van der Waals surface area contributed by atoms with Crippen molar-refractivity contribution < 1.29 is 32.7 Å². The maximum absolute atomic E-state index is 12.2. The van der Waals surface area contributed by atoms with Gasteiger partial charge in [0.1, 0.15) is 18.1 Å². The monoisotopic (exact) mass is 388 g/mol. The predicted octanol–water partition coefficient (Wildman–Crippen LogP) is 1.60. The van der Waals surface area contributed by atoms with Crippen molar-refractivity contribution in [3.8, 4) is 11.8 Å². The zero-order valence-electron chi connectivity index (χ0n) is 13.7. The highest BCUT2D eigenvalue weighted by molar-refractivity contribution is 5.27. The first-order chi connectivity index (χ1) is 12.7. The first-order valence-electron chi connectivity index (χ1n) is 7.82. The van der Waals surface area contributed by atoms with Gasteiger partial charge in [-0.15, -0.1) is 13.2 Å². The summed E-state index contributed by atoms with van der Waals surface area (Å²) in [5.41, 5.74) is 0.684. The Balaban J connectivity index is 1.63. The molecule has 12 heteroatoms. The number of imidazole rings is 1. The number of rotatable bonds is 6. The van der Waals surface area contributed by atoms with Gasteiger partial charge in [0.05, 0.1) is 12.6 Å². The summed E-state index contributed by atoms with van der Waals surface area (Å²) in [7, 11) is 0. The molecule has 0 amide bonds. The number of alkyl halides is 3. The van der Waals surface area contributed by atoms with Gasteiger partial charge in [-0.3, -0.25) is 4.57 Å². The first kappa shape index (κ1) is 18.9. The van der Waals surface area contributed by atoms with E-state index in [2.05, 4.69) is 15.0 Å². The summed E-state index contributed by atoms with van der Waals surface area (Å²) in [5.74, 6) is -0.682. The number of halogens is 3.